The van der Waals surface area contributed by atoms with Crippen molar-refractivity contribution in [2.75, 3.05) is 13.7 Å². The molecule has 0 bridgehead atoms. The Morgan fingerprint density at radius 2 is 1.88 bits per heavy atom. The molecule has 0 spiro atoms. The average Bonchev–Trinajstić information content (AvgIpc) is 4.01. The summed E-state index contributed by atoms with van der Waals surface area (Å²) < 4.78 is 85.9. The highest BCUT2D eigenvalue weighted by molar-refractivity contribution is 7.91. The van der Waals surface area contributed by atoms with Gasteiger partial charge in [0.2, 0.25) is 33.3 Å². The van der Waals surface area contributed by atoms with Crippen molar-refractivity contribution >= 4 is 45.2 Å². The van der Waals surface area contributed by atoms with Crippen molar-refractivity contribution in [3.63, 3.8) is 0 Å². The molecule has 7 atom stereocenters. The van der Waals surface area contributed by atoms with Gasteiger partial charge >= 0.3 is 12.3 Å². The molecular formula is C38H49F3N6O9S2. The Labute approximate surface area is 338 Å². The Balaban J connectivity index is 1.36. The zero-order chi connectivity index (χ0) is 42.2. The van der Waals surface area contributed by atoms with E-state index >= 15 is 0 Å². The third-order valence-electron chi connectivity index (χ3n) is 11.2. The molecule has 2 aliphatic heterocycles. The maximum absolute atomic E-state index is 14.9. The number of alkyl halides is 3. The quantitative estimate of drug-likeness (QED) is 0.276. The second kappa shape index (κ2) is 16.7. The van der Waals surface area contributed by atoms with Gasteiger partial charge in [-0.1, -0.05) is 32.4 Å². The number of aromatic nitrogens is 2. The molecule has 4 aliphatic rings. The molecule has 2 aromatic heterocycles. The van der Waals surface area contributed by atoms with Crippen LogP contribution in [-0.4, -0.2) is 102 Å². The third kappa shape index (κ3) is 9.53. The molecule has 0 radical (unpaired) electrons. The number of thiazole rings is 1. The summed E-state index contributed by atoms with van der Waals surface area (Å²) in [6.45, 7) is 4.93. The predicted octanol–water partition coefficient (Wildman–Crippen LogP) is 4.88. The molecule has 20 heteroatoms. The first-order chi connectivity index (χ1) is 27.3. The van der Waals surface area contributed by atoms with Crippen molar-refractivity contribution in [1.29, 1.82) is 0 Å². The zero-order valence-electron chi connectivity index (χ0n) is 32.8. The lowest BCUT2D eigenvalue weighted by Crippen LogP contribution is -2.59. The molecule has 1 saturated heterocycles. The number of methoxy groups -OCH3 is 1. The Morgan fingerprint density at radius 3 is 2.52 bits per heavy atom. The van der Waals surface area contributed by atoms with E-state index in [4.69, 9.17) is 14.2 Å². The predicted molar refractivity (Wildman–Crippen MR) is 205 cm³/mol. The Bertz CT molecular complexity index is 2010. The Hall–Kier alpha value is -4.46. The lowest BCUT2D eigenvalue weighted by atomic mass is 9.85. The number of amides is 4. The minimum absolute atomic E-state index is 0.0330. The van der Waals surface area contributed by atoms with Crippen LogP contribution in [0.25, 0.3) is 10.7 Å². The number of carbonyl (C=O) groups is 4. The van der Waals surface area contributed by atoms with Crippen LogP contribution < -0.4 is 24.8 Å². The van der Waals surface area contributed by atoms with Gasteiger partial charge in [0.1, 0.15) is 40.2 Å². The van der Waals surface area contributed by atoms with Gasteiger partial charge in [0.05, 0.1) is 18.9 Å². The summed E-state index contributed by atoms with van der Waals surface area (Å²) in [4.78, 5) is 66.3. The van der Waals surface area contributed by atoms with Gasteiger partial charge < -0.3 is 29.7 Å². The number of fused-ring (bicyclic) bond motifs is 2. The number of halogens is 3. The average molecular weight is 855 g/mol. The fourth-order valence-electron chi connectivity index (χ4n) is 7.47. The van der Waals surface area contributed by atoms with Gasteiger partial charge in [0, 0.05) is 36.0 Å². The van der Waals surface area contributed by atoms with Crippen LogP contribution in [-0.2, 0) is 29.1 Å². The lowest BCUT2D eigenvalue weighted by molar-refractivity contribution is -0.244. The number of hydrogen-bond acceptors (Lipinski definition) is 12. The van der Waals surface area contributed by atoms with Crippen molar-refractivity contribution in [3.05, 3.63) is 35.9 Å². The van der Waals surface area contributed by atoms with E-state index in [0.29, 0.717) is 63.1 Å². The highest BCUT2D eigenvalue weighted by atomic mass is 32.2. The van der Waals surface area contributed by atoms with Crippen LogP contribution in [0.3, 0.4) is 0 Å². The molecule has 3 fully saturated rings. The number of rotatable bonds is 10. The van der Waals surface area contributed by atoms with Crippen LogP contribution in [0.2, 0.25) is 0 Å². The number of pyridine rings is 1. The molecule has 2 aromatic rings. The van der Waals surface area contributed by atoms with E-state index in [1.54, 1.807) is 30.6 Å². The van der Waals surface area contributed by atoms with Gasteiger partial charge in [0.25, 0.3) is 5.91 Å². The van der Waals surface area contributed by atoms with Gasteiger partial charge in [0.15, 0.2) is 0 Å². The Kier molecular flexibility index (Phi) is 12.4. The molecule has 4 amide bonds. The summed E-state index contributed by atoms with van der Waals surface area (Å²) >= 11 is 1.33. The van der Waals surface area contributed by atoms with E-state index in [1.165, 1.54) is 29.4 Å². The number of hydrogen-bond donors (Lipinski definition) is 3. The first-order valence-electron chi connectivity index (χ1n) is 19.3. The normalized spacial score (nSPS) is 28.8. The number of sulfonamides is 1. The molecule has 3 N–H and O–H groups in total. The van der Waals surface area contributed by atoms with Crippen LogP contribution in [0.5, 0.6) is 11.6 Å². The Morgan fingerprint density at radius 1 is 1.14 bits per heavy atom. The number of allylic oxidation sites excluding steroid dienone is 1. The first kappa shape index (κ1) is 43.1. The second-order valence-electron chi connectivity index (χ2n) is 16.0. The van der Waals surface area contributed by atoms with E-state index in [-0.39, 0.29) is 36.9 Å². The number of nitrogens with one attached hydrogen (secondary N) is 3. The zero-order valence-corrected chi connectivity index (χ0v) is 34.5. The molecule has 0 unspecified atom stereocenters. The van der Waals surface area contributed by atoms with Crippen LogP contribution >= 0.6 is 11.3 Å². The molecule has 15 nitrogen and oxygen atoms in total. The minimum Gasteiger partial charge on any atom is -0.488 e. The molecule has 6 rings (SSSR count). The third-order valence-corrected chi connectivity index (χ3v) is 13.8. The molecule has 2 aliphatic carbocycles. The highest BCUT2D eigenvalue weighted by Crippen LogP contribution is 2.46. The van der Waals surface area contributed by atoms with Gasteiger partial charge in [-0.3, -0.25) is 19.1 Å². The van der Waals surface area contributed by atoms with Crippen LogP contribution in [0.1, 0.15) is 79.1 Å². The van der Waals surface area contributed by atoms with Crippen LogP contribution in [0.4, 0.5) is 18.0 Å². The summed E-state index contributed by atoms with van der Waals surface area (Å²) in [5.74, 6) is -3.11. The second-order valence-corrected chi connectivity index (χ2v) is 18.9. The first-order valence-corrected chi connectivity index (χ1v) is 21.7. The molecular weight excluding hydrogens is 806 g/mol. The largest absolute Gasteiger partial charge is 0.488 e. The van der Waals surface area contributed by atoms with Gasteiger partial charge in [-0.25, -0.2) is 23.2 Å². The summed E-state index contributed by atoms with van der Waals surface area (Å²) in [6.07, 6.45) is 0.727. The molecule has 0 aromatic carbocycles. The van der Waals surface area contributed by atoms with E-state index < -0.39 is 86.4 Å². The van der Waals surface area contributed by atoms with Crippen LogP contribution in [0, 0.1) is 17.8 Å². The summed E-state index contributed by atoms with van der Waals surface area (Å²) in [5, 5.41) is 6.86. The minimum atomic E-state index is -4.92. The highest BCUT2D eigenvalue weighted by Gasteiger charge is 2.62. The fourth-order valence-corrected chi connectivity index (χ4v) is 9.43. The van der Waals surface area contributed by atoms with Crippen LogP contribution in [0.15, 0.2) is 35.9 Å². The number of nitrogens with zero attached hydrogens (tertiary/aromatic N) is 3. The van der Waals surface area contributed by atoms with E-state index in [1.807, 2.05) is 13.0 Å². The monoisotopic (exact) mass is 854 g/mol. The van der Waals surface area contributed by atoms with Gasteiger partial charge in [-0.2, -0.15) is 13.2 Å². The molecule has 318 valence electrons. The molecule has 2 saturated carbocycles. The lowest BCUT2D eigenvalue weighted by Gasteiger charge is -2.35. The van der Waals surface area contributed by atoms with Gasteiger partial charge in [-0.15, -0.1) is 11.3 Å². The van der Waals surface area contributed by atoms with Crippen molar-refractivity contribution in [2.24, 2.45) is 17.8 Å². The summed E-state index contributed by atoms with van der Waals surface area (Å²) in [5.41, 5.74) is -4.08. The smallest absolute Gasteiger partial charge is 0.427 e. The molecule has 4 heterocycles. The van der Waals surface area contributed by atoms with E-state index in [0.717, 1.165) is 0 Å². The topological polar surface area (TPSA) is 195 Å². The van der Waals surface area contributed by atoms with Gasteiger partial charge in [-0.05, 0) is 64.2 Å². The summed E-state index contributed by atoms with van der Waals surface area (Å²) in [7, 11) is -2.56. The maximum Gasteiger partial charge on any atom is 0.427 e. The number of alkyl carbamates (subject to hydrolysis) is 1. The van der Waals surface area contributed by atoms with Crippen molar-refractivity contribution in [1.82, 2.24) is 30.2 Å². The maximum atomic E-state index is 14.9. The van der Waals surface area contributed by atoms with Crippen molar-refractivity contribution in [3.8, 4) is 22.3 Å². The van der Waals surface area contributed by atoms with E-state index in [2.05, 4.69) is 25.3 Å². The van der Waals surface area contributed by atoms with Crippen molar-refractivity contribution in [2.45, 2.75) is 120 Å². The van der Waals surface area contributed by atoms with Crippen molar-refractivity contribution < 1.29 is 55.0 Å². The van der Waals surface area contributed by atoms with E-state index in [9.17, 15) is 40.8 Å². The molecule has 58 heavy (non-hydrogen) atoms. The SMILES string of the molecule is CC[C@@H]1C[C@H](C)CC/C=C\[C@@H]2C[C@@]2(C(=O)NS(=O)(=O)C2CC2)NC(=O)[C@@H]2C[C@@H](Oc3cc(OC)nc(-c4nccs4)c3)CN2C(=O)[C@H]1NC(=O)OC(C)(C)C(F)(F)F. The standard InChI is InChI=1S/C38H49F3N6O9S2/c1-6-22-15-21(2)9-7-8-10-23-19-37(23,34(50)46-58(52,53)26-11-12-26)45-31(48)28-17-25(55-24-16-27(32-42-13-14-57-32)43-29(18-24)54-5)20-47(28)33(49)30(22)44-35(51)56-36(3,4)38(39,40)41/h8,10,13-14,16,18,21-23,25-26,28,30H,6-7,9,11-12,15,17,19-20H2,1-5H3,(H,44,51)(H,45,48)(H,46,50)/b10-8-/t21-,22-,23-,25-,28+,30+,37-/m1/s1. The summed E-state index contributed by atoms with van der Waals surface area (Å²) in [6, 6.07) is 0.400. The number of carbonyl (C=O) groups excluding carboxylic acids is 4. The fraction of sp³-hybridized carbons (Fsp3) is 0.632. The number of ether oxygens (including phenoxy) is 3.